The lowest BCUT2D eigenvalue weighted by Crippen LogP contribution is -2.41. The number of aromatic nitrogens is 2. The molecule has 0 saturated carbocycles. The van der Waals surface area contributed by atoms with Gasteiger partial charge in [-0.2, -0.15) is 0 Å². The van der Waals surface area contributed by atoms with Crippen molar-refractivity contribution in [2.75, 3.05) is 19.2 Å². The SMILES string of the molecule is CSc1cccc2[nH]c(Cc3ccc4[nH]c(C)c(CC(NCN)C(=O)O)c4c3SC)cc12. The Bertz CT molecular complexity index is 1280. The van der Waals surface area contributed by atoms with Crippen LogP contribution in [0.15, 0.2) is 46.2 Å². The molecule has 0 bridgehead atoms. The first kappa shape index (κ1) is 22.8. The van der Waals surface area contributed by atoms with Crippen LogP contribution in [0.3, 0.4) is 0 Å². The van der Waals surface area contributed by atoms with Crippen LogP contribution in [0.1, 0.15) is 22.5 Å². The Balaban J connectivity index is 1.77. The molecule has 6 nitrogen and oxygen atoms in total. The maximum Gasteiger partial charge on any atom is 0.321 e. The molecule has 1 unspecified atom stereocenters. The fourth-order valence-corrected chi connectivity index (χ4v) is 5.82. The molecule has 2 heterocycles. The number of H-pyrrole nitrogens is 2. The number of hydrogen-bond donors (Lipinski definition) is 5. The maximum atomic E-state index is 11.7. The van der Waals surface area contributed by atoms with Crippen LogP contribution in [0.2, 0.25) is 0 Å². The van der Waals surface area contributed by atoms with Crippen molar-refractivity contribution >= 4 is 51.3 Å². The number of carbonyl (C=O) groups is 1. The number of aryl methyl sites for hydroxylation is 1. The molecule has 0 fully saturated rings. The summed E-state index contributed by atoms with van der Waals surface area (Å²) < 4.78 is 0. The van der Waals surface area contributed by atoms with Gasteiger partial charge in [-0.15, -0.1) is 23.5 Å². The van der Waals surface area contributed by atoms with Crippen molar-refractivity contribution in [1.29, 1.82) is 0 Å². The Labute approximate surface area is 195 Å². The molecule has 2 aromatic carbocycles. The summed E-state index contributed by atoms with van der Waals surface area (Å²) in [6, 6.07) is 12.1. The van der Waals surface area contributed by atoms with Crippen molar-refractivity contribution in [2.24, 2.45) is 5.73 Å². The zero-order valence-electron chi connectivity index (χ0n) is 18.4. The Morgan fingerprint density at radius 1 is 1.16 bits per heavy atom. The minimum Gasteiger partial charge on any atom is -0.480 e. The largest absolute Gasteiger partial charge is 0.480 e. The molecule has 6 N–H and O–H groups in total. The van der Waals surface area contributed by atoms with E-state index in [2.05, 4.69) is 64.2 Å². The molecule has 8 heteroatoms. The lowest BCUT2D eigenvalue weighted by atomic mass is 9.99. The number of carboxylic acid groups (broad SMARTS) is 1. The average Bonchev–Trinajstić information content (AvgIpc) is 3.33. The van der Waals surface area contributed by atoms with E-state index in [4.69, 9.17) is 5.73 Å². The fraction of sp³-hybridized carbons (Fsp3) is 0.292. The van der Waals surface area contributed by atoms with Crippen LogP contribution >= 0.6 is 23.5 Å². The predicted molar refractivity (Wildman–Crippen MR) is 135 cm³/mol. The molecule has 0 spiro atoms. The number of thioether (sulfide) groups is 2. The van der Waals surface area contributed by atoms with Gasteiger partial charge in [0.2, 0.25) is 0 Å². The number of rotatable bonds is 9. The maximum absolute atomic E-state index is 11.7. The van der Waals surface area contributed by atoms with Crippen LogP contribution in [-0.4, -0.2) is 46.3 Å². The number of aromatic amines is 2. The Kier molecular flexibility index (Phi) is 6.85. The van der Waals surface area contributed by atoms with Crippen molar-refractivity contribution in [1.82, 2.24) is 15.3 Å². The summed E-state index contributed by atoms with van der Waals surface area (Å²) in [5.41, 5.74) is 12.2. The molecule has 0 saturated heterocycles. The highest BCUT2D eigenvalue weighted by Gasteiger charge is 2.23. The van der Waals surface area contributed by atoms with E-state index in [0.29, 0.717) is 6.42 Å². The molecule has 1 atom stereocenters. The Morgan fingerprint density at radius 2 is 1.97 bits per heavy atom. The smallest absolute Gasteiger partial charge is 0.321 e. The molecule has 0 amide bonds. The number of nitrogens with one attached hydrogen (secondary N) is 3. The van der Waals surface area contributed by atoms with E-state index in [1.807, 2.05) is 6.92 Å². The van der Waals surface area contributed by atoms with Gasteiger partial charge in [0.1, 0.15) is 6.04 Å². The first-order valence-electron chi connectivity index (χ1n) is 10.4. The van der Waals surface area contributed by atoms with Gasteiger partial charge in [0.05, 0.1) is 0 Å². The lowest BCUT2D eigenvalue weighted by molar-refractivity contribution is -0.139. The highest BCUT2D eigenvalue weighted by atomic mass is 32.2. The van der Waals surface area contributed by atoms with Crippen LogP contribution < -0.4 is 11.1 Å². The first-order chi connectivity index (χ1) is 15.5. The average molecular weight is 469 g/mol. The second-order valence-corrected chi connectivity index (χ2v) is 9.47. The van der Waals surface area contributed by atoms with Gasteiger partial charge in [0.25, 0.3) is 0 Å². The van der Waals surface area contributed by atoms with Crippen molar-refractivity contribution in [3.63, 3.8) is 0 Å². The third-order valence-corrected chi connectivity index (χ3v) is 7.54. The minimum atomic E-state index is -0.895. The van der Waals surface area contributed by atoms with Gasteiger partial charge < -0.3 is 20.8 Å². The van der Waals surface area contributed by atoms with Crippen molar-refractivity contribution in [3.05, 3.63) is 58.9 Å². The van der Waals surface area contributed by atoms with Crippen molar-refractivity contribution in [2.45, 2.75) is 35.6 Å². The van der Waals surface area contributed by atoms with Crippen LogP contribution in [0.25, 0.3) is 21.8 Å². The third-order valence-electron chi connectivity index (χ3n) is 5.87. The summed E-state index contributed by atoms with van der Waals surface area (Å²) in [5.74, 6) is -0.895. The van der Waals surface area contributed by atoms with Crippen LogP contribution in [0, 0.1) is 6.92 Å². The second-order valence-electron chi connectivity index (χ2n) is 7.81. The van der Waals surface area contributed by atoms with Gasteiger partial charge in [-0.3, -0.25) is 10.1 Å². The summed E-state index contributed by atoms with van der Waals surface area (Å²) in [6.07, 6.45) is 5.33. The summed E-state index contributed by atoms with van der Waals surface area (Å²) in [5, 5.41) is 14.9. The minimum absolute atomic E-state index is 0.122. The summed E-state index contributed by atoms with van der Waals surface area (Å²) in [6.45, 7) is 2.12. The number of carboxylic acids is 1. The molecule has 4 rings (SSSR count). The molecule has 4 aromatic rings. The molecule has 32 heavy (non-hydrogen) atoms. The zero-order valence-corrected chi connectivity index (χ0v) is 20.0. The number of nitrogens with two attached hydrogens (primary N) is 1. The normalized spacial score (nSPS) is 12.6. The Morgan fingerprint density at radius 3 is 2.66 bits per heavy atom. The number of fused-ring (bicyclic) bond motifs is 2. The van der Waals surface area contributed by atoms with E-state index in [1.165, 1.54) is 20.7 Å². The zero-order chi connectivity index (χ0) is 22.8. The van der Waals surface area contributed by atoms with E-state index < -0.39 is 12.0 Å². The van der Waals surface area contributed by atoms with E-state index in [9.17, 15) is 9.90 Å². The summed E-state index contributed by atoms with van der Waals surface area (Å²) >= 11 is 3.46. The monoisotopic (exact) mass is 468 g/mol. The van der Waals surface area contributed by atoms with Crippen molar-refractivity contribution in [3.8, 4) is 0 Å². The number of benzene rings is 2. The lowest BCUT2D eigenvalue weighted by Gasteiger charge is -2.15. The molecule has 0 aliphatic carbocycles. The van der Waals surface area contributed by atoms with E-state index in [1.54, 1.807) is 23.5 Å². The Hall–Kier alpha value is -2.39. The highest BCUT2D eigenvalue weighted by Crippen LogP contribution is 2.36. The van der Waals surface area contributed by atoms with Crippen LogP contribution in [0.5, 0.6) is 0 Å². The second kappa shape index (κ2) is 9.62. The molecule has 0 aliphatic heterocycles. The van der Waals surface area contributed by atoms with Gasteiger partial charge in [0.15, 0.2) is 0 Å². The van der Waals surface area contributed by atoms with Crippen LogP contribution in [0.4, 0.5) is 0 Å². The topological polar surface area (TPSA) is 107 Å². The van der Waals surface area contributed by atoms with E-state index in [-0.39, 0.29) is 6.67 Å². The highest BCUT2D eigenvalue weighted by molar-refractivity contribution is 7.99. The fourth-order valence-electron chi connectivity index (χ4n) is 4.38. The van der Waals surface area contributed by atoms with E-state index in [0.717, 1.165) is 39.8 Å². The quantitative estimate of drug-likeness (QED) is 0.183. The van der Waals surface area contributed by atoms with Gasteiger partial charge in [-0.05, 0) is 54.8 Å². The molecular weight excluding hydrogens is 440 g/mol. The number of aliphatic carboxylic acids is 1. The molecular formula is C24H28N4O2S2. The standard InChI is InChI=1S/C24H28N4O2S2/c1-13-16(11-20(24(29)30)26-12-25)22-19(27-13)8-7-14(23(22)32-3)9-15-10-17-18(28-15)5-4-6-21(17)31-2/h4-8,10,20,26-28H,9,11-12,25H2,1-3H3,(H,29,30). The van der Waals surface area contributed by atoms with Crippen molar-refractivity contribution < 1.29 is 9.90 Å². The summed E-state index contributed by atoms with van der Waals surface area (Å²) in [7, 11) is 0. The molecule has 168 valence electrons. The van der Waals surface area contributed by atoms with Crippen LogP contribution in [-0.2, 0) is 17.6 Å². The molecule has 2 aromatic heterocycles. The summed E-state index contributed by atoms with van der Waals surface area (Å²) in [4.78, 5) is 21.2. The van der Waals surface area contributed by atoms with E-state index >= 15 is 0 Å². The van der Waals surface area contributed by atoms with Gasteiger partial charge in [0, 0.05) is 62.5 Å². The van der Waals surface area contributed by atoms with Gasteiger partial charge in [-0.1, -0.05) is 12.1 Å². The number of hydrogen-bond acceptors (Lipinski definition) is 5. The molecule has 0 aliphatic rings. The first-order valence-corrected chi connectivity index (χ1v) is 12.9. The predicted octanol–water partition coefficient (Wildman–Crippen LogP) is 4.49. The third kappa shape index (κ3) is 4.28. The molecule has 0 radical (unpaired) electrons. The van der Waals surface area contributed by atoms with Gasteiger partial charge >= 0.3 is 5.97 Å². The van der Waals surface area contributed by atoms with Gasteiger partial charge in [-0.25, -0.2) is 0 Å².